The van der Waals surface area contributed by atoms with Crippen LogP contribution in [0.3, 0.4) is 0 Å². The van der Waals surface area contributed by atoms with Crippen molar-refractivity contribution < 1.29 is 9.18 Å². The molecule has 0 amide bonds. The molecule has 1 N–H and O–H groups in total. The zero-order chi connectivity index (χ0) is 14.0. The molecule has 0 aliphatic carbocycles. The van der Waals surface area contributed by atoms with Crippen molar-refractivity contribution in [1.29, 1.82) is 0 Å². The fraction of sp³-hybridized carbons (Fsp3) is 0.0833. The summed E-state index contributed by atoms with van der Waals surface area (Å²) in [6, 6.07) is 2.94. The number of aryl methyl sites for hydroxylation is 1. The average molecular weight is 345 g/mol. The minimum atomic E-state index is -0.362. The molecule has 19 heavy (non-hydrogen) atoms. The molecule has 0 aliphatic rings. The summed E-state index contributed by atoms with van der Waals surface area (Å²) in [4.78, 5) is 18.6. The first-order valence-corrected chi connectivity index (χ1v) is 6.38. The highest BCUT2D eigenvalue weighted by Crippen LogP contribution is 2.28. The second-order valence-electron chi connectivity index (χ2n) is 3.75. The van der Waals surface area contributed by atoms with E-state index in [1.165, 1.54) is 12.4 Å². The van der Waals surface area contributed by atoms with Crippen molar-refractivity contribution in [1.82, 2.24) is 9.97 Å². The second kappa shape index (κ2) is 5.63. The number of hydrogen-bond donors (Lipinski definition) is 1. The number of aromatic nitrogens is 2. The van der Waals surface area contributed by atoms with Crippen LogP contribution in [0, 0.1) is 12.7 Å². The zero-order valence-corrected chi connectivity index (χ0v) is 12.1. The predicted molar refractivity (Wildman–Crippen MR) is 74.5 cm³/mol. The molecule has 4 nitrogen and oxygen atoms in total. The number of hydrogen-bond acceptors (Lipinski definition) is 4. The van der Waals surface area contributed by atoms with E-state index in [4.69, 9.17) is 11.6 Å². The molecule has 98 valence electrons. The molecule has 1 aromatic heterocycles. The highest BCUT2D eigenvalue weighted by Gasteiger charge is 2.11. The number of halogens is 3. The summed E-state index contributed by atoms with van der Waals surface area (Å²) in [6.07, 6.45) is 1.81. The minimum absolute atomic E-state index is 0.0614. The van der Waals surface area contributed by atoms with Crippen LogP contribution >= 0.6 is 27.5 Å². The number of rotatable bonds is 3. The third kappa shape index (κ3) is 2.90. The molecule has 0 fully saturated rings. The molecular weight excluding hydrogens is 337 g/mol. The molecule has 0 atom stereocenters. The molecule has 1 aromatic carbocycles. The van der Waals surface area contributed by atoms with Gasteiger partial charge < -0.3 is 5.32 Å². The molecule has 7 heteroatoms. The van der Waals surface area contributed by atoms with Crippen LogP contribution in [0.2, 0.25) is 5.15 Å². The van der Waals surface area contributed by atoms with Crippen LogP contribution in [0.4, 0.5) is 15.9 Å². The van der Waals surface area contributed by atoms with Crippen LogP contribution in [0.25, 0.3) is 0 Å². The smallest absolute Gasteiger partial charge is 0.156 e. The molecule has 2 rings (SSSR count). The monoisotopic (exact) mass is 343 g/mol. The van der Waals surface area contributed by atoms with Crippen molar-refractivity contribution in [2.45, 2.75) is 6.92 Å². The van der Waals surface area contributed by atoms with Gasteiger partial charge in [0.05, 0.1) is 10.0 Å². The third-order valence-corrected chi connectivity index (χ3v) is 3.38. The summed E-state index contributed by atoms with van der Waals surface area (Å²) in [7, 11) is 0. The van der Waals surface area contributed by atoms with E-state index in [0.29, 0.717) is 22.0 Å². The maximum atomic E-state index is 13.3. The number of benzene rings is 1. The Morgan fingerprint density at radius 2 is 2.16 bits per heavy atom. The van der Waals surface area contributed by atoms with Gasteiger partial charge in [0.1, 0.15) is 23.1 Å². The second-order valence-corrected chi connectivity index (χ2v) is 4.96. The van der Waals surface area contributed by atoms with Crippen LogP contribution < -0.4 is 5.32 Å². The van der Waals surface area contributed by atoms with Gasteiger partial charge in [0.15, 0.2) is 6.29 Å². The van der Waals surface area contributed by atoms with E-state index in [1.807, 2.05) is 0 Å². The highest BCUT2D eigenvalue weighted by atomic mass is 79.9. The maximum absolute atomic E-state index is 13.3. The Kier molecular flexibility index (Phi) is 4.11. The summed E-state index contributed by atoms with van der Waals surface area (Å²) >= 11 is 8.90. The average Bonchev–Trinajstić information content (AvgIpc) is 2.36. The van der Waals surface area contributed by atoms with Gasteiger partial charge in [-0.1, -0.05) is 11.6 Å². The Labute approximate surface area is 122 Å². The quantitative estimate of drug-likeness (QED) is 0.678. The normalized spacial score (nSPS) is 10.3. The molecule has 0 bridgehead atoms. The van der Waals surface area contributed by atoms with Crippen molar-refractivity contribution in [3.8, 4) is 0 Å². The van der Waals surface area contributed by atoms with Crippen LogP contribution in [0.1, 0.15) is 15.9 Å². The number of nitrogens with zero attached hydrogens (tertiary/aromatic N) is 2. The van der Waals surface area contributed by atoms with Crippen molar-refractivity contribution in [3.05, 3.63) is 45.0 Å². The number of carbonyl (C=O) groups is 1. The SMILES string of the molecule is Cc1cc(F)c(Br)cc1Nc1ncnc(Cl)c1C=O. The van der Waals surface area contributed by atoms with Gasteiger partial charge in [-0.25, -0.2) is 14.4 Å². The largest absolute Gasteiger partial charge is 0.339 e. The lowest BCUT2D eigenvalue weighted by molar-refractivity contribution is 0.112. The van der Waals surface area contributed by atoms with Gasteiger partial charge in [0.25, 0.3) is 0 Å². The maximum Gasteiger partial charge on any atom is 0.156 e. The predicted octanol–water partition coefficient (Wildman–Crippen LogP) is 3.90. The van der Waals surface area contributed by atoms with Crippen LogP contribution in [0.15, 0.2) is 22.9 Å². The molecule has 0 saturated heterocycles. The molecule has 0 aliphatic heterocycles. The van der Waals surface area contributed by atoms with E-state index in [0.717, 1.165) is 0 Å². The van der Waals surface area contributed by atoms with Gasteiger partial charge in [-0.15, -0.1) is 0 Å². The van der Waals surface area contributed by atoms with E-state index in [9.17, 15) is 9.18 Å². The first kappa shape index (κ1) is 13.9. The zero-order valence-electron chi connectivity index (χ0n) is 9.75. The minimum Gasteiger partial charge on any atom is -0.339 e. The summed E-state index contributed by atoms with van der Waals surface area (Å²) in [5.74, 6) is -0.0870. The van der Waals surface area contributed by atoms with Gasteiger partial charge in [-0.05, 0) is 40.5 Å². The van der Waals surface area contributed by atoms with Crippen molar-refractivity contribution in [3.63, 3.8) is 0 Å². The first-order valence-electron chi connectivity index (χ1n) is 5.21. The van der Waals surface area contributed by atoms with Crippen molar-refractivity contribution in [2.24, 2.45) is 0 Å². The lowest BCUT2D eigenvalue weighted by Crippen LogP contribution is -2.02. The Bertz CT molecular complexity index is 651. The summed E-state index contributed by atoms with van der Waals surface area (Å²) in [5, 5.41) is 3.00. The molecule has 0 unspecified atom stereocenters. The van der Waals surface area contributed by atoms with Gasteiger partial charge >= 0.3 is 0 Å². The fourth-order valence-electron chi connectivity index (χ4n) is 1.49. The van der Waals surface area contributed by atoms with Crippen LogP contribution in [-0.4, -0.2) is 16.3 Å². The topological polar surface area (TPSA) is 54.9 Å². The van der Waals surface area contributed by atoms with Gasteiger partial charge in [-0.2, -0.15) is 0 Å². The number of carbonyl (C=O) groups excluding carboxylic acids is 1. The van der Waals surface area contributed by atoms with E-state index in [-0.39, 0.29) is 22.4 Å². The first-order chi connectivity index (χ1) is 9.02. The Morgan fingerprint density at radius 1 is 1.42 bits per heavy atom. The van der Waals surface area contributed by atoms with Crippen LogP contribution in [0.5, 0.6) is 0 Å². The van der Waals surface area contributed by atoms with Gasteiger partial charge in [-0.3, -0.25) is 4.79 Å². The fourth-order valence-corrected chi connectivity index (χ4v) is 2.01. The summed E-state index contributed by atoms with van der Waals surface area (Å²) < 4.78 is 13.6. The van der Waals surface area contributed by atoms with E-state index in [1.54, 1.807) is 13.0 Å². The lowest BCUT2D eigenvalue weighted by Gasteiger charge is -2.11. The van der Waals surface area contributed by atoms with Crippen molar-refractivity contribution >= 4 is 45.3 Å². The highest BCUT2D eigenvalue weighted by molar-refractivity contribution is 9.10. The van der Waals surface area contributed by atoms with Crippen LogP contribution in [-0.2, 0) is 0 Å². The Morgan fingerprint density at radius 3 is 2.84 bits per heavy atom. The Balaban J connectivity index is 2.45. The third-order valence-electron chi connectivity index (χ3n) is 2.47. The number of aldehydes is 1. The van der Waals surface area contributed by atoms with Gasteiger partial charge in [0.2, 0.25) is 0 Å². The molecule has 2 aromatic rings. The van der Waals surface area contributed by atoms with E-state index < -0.39 is 0 Å². The molecular formula is C12H8BrClFN3O. The van der Waals surface area contributed by atoms with Crippen molar-refractivity contribution in [2.75, 3.05) is 5.32 Å². The van der Waals surface area contributed by atoms with E-state index in [2.05, 4.69) is 31.2 Å². The summed E-state index contributed by atoms with van der Waals surface area (Å²) in [5.41, 5.74) is 1.45. The molecule has 0 saturated carbocycles. The van der Waals surface area contributed by atoms with E-state index >= 15 is 0 Å². The molecule has 0 radical (unpaired) electrons. The number of anilines is 2. The summed E-state index contributed by atoms with van der Waals surface area (Å²) in [6.45, 7) is 1.74. The van der Waals surface area contributed by atoms with Gasteiger partial charge in [0, 0.05) is 5.69 Å². The molecule has 0 spiro atoms. The molecule has 1 heterocycles. The standard InChI is InChI=1S/C12H8BrClFN3O/c1-6-2-9(15)8(13)3-10(6)18-12-7(4-19)11(14)16-5-17-12/h2-5H,1H3,(H,16,17,18). The Hall–Kier alpha value is -1.53. The lowest BCUT2D eigenvalue weighted by atomic mass is 10.2. The number of nitrogens with one attached hydrogen (secondary N) is 1.